The molecule has 0 aliphatic rings. The van der Waals surface area contributed by atoms with Crippen molar-refractivity contribution in [1.82, 2.24) is 5.32 Å². The first-order valence-electron chi connectivity index (χ1n) is 2.66. The first kappa shape index (κ1) is 7.43. The van der Waals surface area contributed by atoms with Gasteiger partial charge in [0.05, 0.1) is 0 Å². The third-order valence-electron chi connectivity index (χ3n) is 0.617. The van der Waals surface area contributed by atoms with Gasteiger partial charge in [0.25, 0.3) is 0 Å². The summed E-state index contributed by atoms with van der Waals surface area (Å²) >= 11 is 0. The van der Waals surface area contributed by atoms with Gasteiger partial charge in [-0.25, -0.2) is 0 Å². The molecule has 3 nitrogen and oxygen atoms in total. The Morgan fingerprint density at radius 3 is 3.00 bits per heavy atom. The van der Waals surface area contributed by atoms with Gasteiger partial charge in [0.2, 0.25) is 6.41 Å². The van der Waals surface area contributed by atoms with Crippen LogP contribution in [0.5, 0.6) is 0 Å². The van der Waals surface area contributed by atoms with E-state index in [0.717, 1.165) is 6.42 Å². The van der Waals surface area contributed by atoms with E-state index < -0.39 is 0 Å². The van der Waals surface area contributed by atoms with E-state index in [-0.39, 0.29) is 0 Å². The maximum absolute atomic E-state index is 9.58. The van der Waals surface area contributed by atoms with Crippen LogP contribution < -0.4 is 5.32 Å². The number of ether oxygens (including phenoxy) is 1. The van der Waals surface area contributed by atoms with Crippen LogP contribution in [0.25, 0.3) is 0 Å². The molecule has 0 saturated carbocycles. The molecule has 1 amide bonds. The van der Waals surface area contributed by atoms with E-state index in [1.54, 1.807) is 0 Å². The summed E-state index contributed by atoms with van der Waals surface area (Å²) in [6.07, 6.45) is 1.61. The van der Waals surface area contributed by atoms with Crippen molar-refractivity contribution in [3.05, 3.63) is 0 Å². The summed E-state index contributed by atoms with van der Waals surface area (Å²) in [7, 11) is 0. The van der Waals surface area contributed by atoms with Crippen molar-refractivity contribution in [3.8, 4) is 0 Å². The highest BCUT2D eigenvalue weighted by atomic mass is 16.5. The van der Waals surface area contributed by atoms with Gasteiger partial charge in [-0.05, 0) is 6.42 Å². The Hall–Kier alpha value is -0.570. The van der Waals surface area contributed by atoms with Crippen molar-refractivity contribution in [2.75, 3.05) is 13.3 Å². The van der Waals surface area contributed by atoms with Gasteiger partial charge in [0, 0.05) is 6.61 Å². The smallest absolute Gasteiger partial charge is 0.208 e. The van der Waals surface area contributed by atoms with Gasteiger partial charge in [-0.15, -0.1) is 0 Å². The Kier molecular flexibility index (Phi) is 5.97. The molecule has 48 valence electrons. The SMILES string of the molecule is CCCOCNC=O. The molecule has 0 bridgehead atoms. The fraction of sp³-hybridized carbons (Fsp3) is 0.800. The number of carbonyl (C=O) groups excluding carboxylic acids is 1. The van der Waals surface area contributed by atoms with Crippen LogP contribution in [0.15, 0.2) is 0 Å². The standard InChI is InChI=1S/C5H11NO2/c1-2-3-8-5-6-4-7/h4H,2-3,5H2,1H3,(H,6,7). The number of nitrogens with one attached hydrogen (secondary N) is 1. The molecule has 0 aliphatic heterocycles. The first-order valence-corrected chi connectivity index (χ1v) is 2.66. The van der Waals surface area contributed by atoms with Crippen LogP contribution in [0.3, 0.4) is 0 Å². The first-order chi connectivity index (χ1) is 3.91. The minimum Gasteiger partial charge on any atom is -0.361 e. The normalized spacial score (nSPS) is 8.62. The van der Waals surface area contributed by atoms with Gasteiger partial charge in [-0.3, -0.25) is 4.79 Å². The number of carbonyl (C=O) groups is 1. The van der Waals surface area contributed by atoms with Gasteiger partial charge < -0.3 is 10.1 Å². The van der Waals surface area contributed by atoms with E-state index >= 15 is 0 Å². The topological polar surface area (TPSA) is 38.3 Å². The predicted molar refractivity (Wildman–Crippen MR) is 30.3 cm³/mol. The fourth-order valence-electron chi connectivity index (χ4n) is 0.309. The molecule has 1 N–H and O–H groups in total. The van der Waals surface area contributed by atoms with Crippen molar-refractivity contribution in [2.24, 2.45) is 0 Å². The molecule has 3 heteroatoms. The zero-order chi connectivity index (χ0) is 6.24. The average molecular weight is 117 g/mol. The van der Waals surface area contributed by atoms with Gasteiger partial charge in [0.15, 0.2) is 0 Å². The summed E-state index contributed by atoms with van der Waals surface area (Å²) in [4.78, 5) is 9.58. The van der Waals surface area contributed by atoms with Crippen molar-refractivity contribution >= 4 is 6.41 Å². The molecule has 0 unspecified atom stereocenters. The Bertz CT molecular complexity index is 56.4. The largest absolute Gasteiger partial charge is 0.361 e. The number of rotatable bonds is 5. The molecule has 0 heterocycles. The molecule has 0 spiro atoms. The van der Waals surface area contributed by atoms with Crippen molar-refractivity contribution in [3.63, 3.8) is 0 Å². The molecular weight excluding hydrogens is 106 g/mol. The fourth-order valence-corrected chi connectivity index (χ4v) is 0.309. The summed E-state index contributed by atoms with van der Waals surface area (Å²) in [6, 6.07) is 0. The van der Waals surface area contributed by atoms with Gasteiger partial charge >= 0.3 is 0 Å². The lowest BCUT2D eigenvalue weighted by atomic mass is 10.5. The molecule has 0 radical (unpaired) electrons. The van der Waals surface area contributed by atoms with E-state index in [2.05, 4.69) is 5.32 Å². The Morgan fingerprint density at radius 1 is 1.75 bits per heavy atom. The van der Waals surface area contributed by atoms with Crippen molar-refractivity contribution in [1.29, 1.82) is 0 Å². The van der Waals surface area contributed by atoms with Crippen LogP contribution >= 0.6 is 0 Å². The highest BCUT2D eigenvalue weighted by Gasteiger charge is 1.78. The van der Waals surface area contributed by atoms with Crippen LogP contribution in [0, 0.1) is 0 Å². The molecule has 0 atom stereocenters. The molecule has 0 rings (SSSR count). The summed E-state index contributed by atoms with van der Waals surface area (Å²) in [5.74, 6) is 0. The molecule has 0 aliphatic carbocycles. The minimum absolute atomic E-state index is 0.331. The van der Waals surface area contributed by atoms with Crippen LogP contribution in [-0.4, -0.2) is 19.7 Å². The number of amides is 1. The second-order valence-corrected chi connectivity index (χ2v) is 1.37. The molecule has 0 aromatic carbocycles. The van der Waals surface area contributed by atoms with Crippen LogP contribution in [0.1, 0.15) is 13.3 Å². The second kappa shape index (κ2) is 6.43. The third-order valence-corrected chi connectivity index (χ3v) is 0.617. The maximum atomic E-state index is 9.58. The lowest BCUT2D eigenvalue weighted by Gasteiger charge is -1.97. The molecule has 0 saturated heterocycles. The minimum atomic E-state index is 0.331. The maximum Gasteiger partial charge on any atom is 0.208 e. The average Bonchev–Trinajstić information content (AvgIpc) is 1.81. The lowest BCUT2D eigenvalue weighted by Crippen LogP contribution is -2.15. The molecule has 8 heavy (non-hydrogen) atoms. The Balaban J connectivity index is 2.62. The van der Waals surface area contributed by atoms with Gasteiger partial charge in [0.1, 0.15) is 6.73 Å². The molecule has 0 aromatic rings. The van der Waals surface area contributed by atoms with E-state index in [0.29, 0.717) is 19.7 Å². The number of hydrogen-bond acceptors (Lipinski definition) is 2. The molecular formula is C5H11NO2. The van der Waals surface area contributed by atoms with Gasteiger partial charge in [-0.2, -0.15) is 0 Å². The van der Waals surface area contributed by atoms with Crippen LogP contribution in [0.2, 0.25) is 0 Å². The zero-order valence-electron chi connectivity index (χ0n) is 5.02. The van der Waals surface area contributed by atoms with Crippen LogP contribution in [0.4, 0.5) is 0 Å². The monoisotopic (exact) mass is 117 g/mol. The van der Waals surface area contributed by atoms with Crippen molar-refractivity contribution in [2.45, 2.75) is 13.3 Å². The highest BCUT2D eigenvalue weighted by molar-refractivity contribution is 5.45. The van der Waals surface area contributed by atoms with E-state index in [9.17, 15) is 4.79 Å². The summed E-state index contributed by atoms with van der Waals surface area (Å²) < 4.78 is 4.88. The quantitative estimate of drug-likeness (QED) is 0.315. The summed E-state index contributed by atoms with van der Waals surface area (Å²) in [6.45, 7) is 3.05. The Labute approximate surface area is 49.0 Å². The van der Waals surface area contributed by atoms with Crippen molar-refractivity contribution < 1.29 is 9.53 Å². The zero-order valence-corrected chi connectivity index (χ0v) is 5.02. The van der Waals surface area contributed by atoms with Gasteiger partial charge in [-0.1, -0.05) is 6.92 Å². The van der Waals surface area contributed by atoms with E-state index in [4.69, 9.17) is 4.74 Å². The van der Waals surface area contributed by atoms with E-state index in [1.807, 2.05) is 6.92 Å². The predicted octanol–water partition coefficient (Wildman–Crippen LogP) is 0.116. The summed E-state index contributed by atoms with van der Waals surface area (Å²) in [5, 5.41) is 2.38. The Morgan fingerprint density at radius 2 is 2.50 bits per heavy atom. The third kappa shape index (κ3) is 5.43. The molecule has 0 fully saturated rings. The van der Waals surface area contributed by atoms with Crippen LogP contribution in [-0.2, 0) is 9.53 Å². The second-order valence-electron chi connectivity index (χ2n) is 1.37. The van der Waals surface area contributed by atoms with E-state index in [1.165, 1.54) is 0 Å². The molecule has 0 aromatic heterocycles. The lowest BCUT2D eigenvalue weighted by molar-refractivity contribution is -0.111. The summed E-state index contributed by atoms with van der Waals surface area (Å²) in [5.41, 5.74) is 0. The highest BCUT2D eigenvalue weighted by Crippen LogP contribution is 1.74. The number of hydrogen-bond donors (Lipinski definition) is 1.